The van der Waals surface area contributed by atoms with Crippen LogP contribution in [-0.4, -0.2) is 5.88 Å². The van der Waals surface area contributed by atoms with Gasteiger partial charge in [-0.1, -0.05) is 43.3 Å². The van der Waals surface area contributed by atoms with Crippen molar-refractivity contribution in [1.29, 1.82) is 0 Å². The molecule has 0 aliphatic carbocycles. The highest BCUT2D eigenvalue weighted by Gasteiger charge is 1.90. The van der Waals surface area contributed by atoms with E-state index in [1.54, 1.807) is 0 Å². The summed E-state index contributed by atoms with van der Waals surface area (Å²) in [5.41, 5.74) is 2.74. The first kappa shape index (κ1) is 10.3. The van der Waals surface area contributed by atoms with Gasteiger partial charge in [0.15, 0.2) is 0 Å². The zero-order chi connectivity index (χ0) is 9.52. The van der Waals surface area contributed by atoms with Crippen molar-refractivity contribution in [1.82, 2.24) is 0 Å². The molecule has 0 saturated heterocycles. The summed E-state index contributed by atoms with van der Waals surface area (Å²) in [5.74, 6) is 0.604. The fourth-order valence-corrected chi connectivity index (χ4v) is 1.32. The molecule has 0 amide bonds. The lowest BCUT2D eigenvalue weighted by atomic mass is 10.1. The van der Waals surface area contributed by atoms with Gasteiger partial charge >= 0.3 is 0 Å². The molecule has 0 fully saturated rings. The van der Waals surface area contributed by atoms with Crippen LogP contribution in [0.3, 0.4) is 0 Å². The molecule has 1 aromatic carbocycles. The van der Waals surface area contributed by atoms with Crippen LogP contribution in [0.15, 0.2) is 36.4 Å². The van der Waals surface area contributed by atoms with E-state index in [9.17, 15) is 0 Å². The fraction of sp³-hybridized carbons (Fsp3) is 0.333. The maximum Gasteiger partial charge on any atom is 0.0404 e. The molecule has 13 heavy (non-hydrogen) atoms. The summed E-state index contributed by atoms with van der Waals surface area (Å²) in [6.07, 6.45) is 6.18. The second-order valence-corrected chi connectivity index (χ2v) is 3.31. The molecule has 0 unspecified atom stereocenters. The number of benzene rings is 1. The molecule has 0 radical (unpaired) electrons. The highest BCUT2D eigenvalue weighted by atomic mass is 35.5. The first-order valence-electron chi connectivity index (χ1n) is 4.65. The molecule has 0 nitrogen and oxygen atoms in total. The lowest BCUT2D eigenvalue weighted by molar-refractivity contribution is 1.13. The third kappa shape index (κ3) is 3.65. The maximum absolute atomic E-state index is 5.53. The molecular formula is C12H15Cl. The van der Waals surface area contributed by atoms with E-state index in [4.69, 9.17) is 11.6 Å². The third-order valence-corrected chi connectivity index (χ3v) is 2.22. The van der Waals surface area contributed by atoms with E-state index >= 15 is 0 Å². The van der Waals surface area contributed by atoms with Crippen LogP contribution in [-0.2, 0) is 12.8 Å². The van der Waals surface area contributed by atoms with Crippen LogP contribution in [0.2, 0.25) is 0 Å². The Morgan fingerprint density at radius 1 is 1.08 bits per heavy atom. The summed E-state index contributed by atoms with van der Waals surface area (Å²) in [7, 11) is 0. The summed E-state index contributed by atoms with van der Waals surface area (Å²) in [4.78, 5) is 0. The Morgan fingerprint density at radius 2 is 1.69 bits per heavy atom. The van der Waals surface area contributed by atoms with Gasteiger partial charge in [0.25, 0.3) is 0 Å². The first-order chi connectivity index (χ1) is 6.36. The Balaban J connectivity index is 2.54. The molecule has 0 N–H and O–H groups in total. The smallest absolute Gasteiger partial charge is 0.0404 e. The van der Waals surface area contributed by atoms with Crippen molar-refractivity contribution in [2.24, 2.45) is 0 Å². The van der Waals surface area contributed by atoms with Gasteiger partial charge in [-0.3, -0.25) is 0 Å². The molecule has 0 aliphatic heterocycles. The van der Waals surface area contributed by atoms with Crippen LogP contribution >= 0.6 is 11.6 Å². The second kappa shape index (κ2) is 5.82. The van der Waals surface area contributed by atoms with E-state index in [1.165, 1.54) is 11.1 Å². The van der Waals surface area contributed by atoms with E-state index in [0.717, 1.165) is 12.8 Å². The highest BCUT2D eigenvalue weighted by Crippen LogP contribution is 2.06. The summed E-state index contributed by atoms with van der Waals surface area (Å²) in [5, 5.41) is 0. The first-order valence-corrected chi connectivity index (χ1v) is 5.19. The molecular weight excluding hydrogens is 180 g/mol. The van der Waals surface area contributed by atoms with Crippen LogP contribution in [0.1, 0.15) is 18.1 Å². The van der Waals surface area contributed by atoms with Gasteiger partial charge in [-0.15, -0.1) is 11.6 Å². The molecule has 0 atom stereocenters. The molecule has 0 heterocycles. The Hall–Kier alpha value is -0.750. The number of hydrogen-bond acceptors (Lipinski definition) is 0. The van der Waals surface area contributed by atoms with Crippen molar-refractivity contribution >= 4 is 11.6 Å². The molecule has 0 aromatic heterocycles. The predicted molar refractivity (Wildman–Crippen MR) is 59.4 cm³/mol. The van der Waals surface area contributed by atoms with Crippen LogP contribution in [0, 0.1) is 0 Å². The Labute approximate surface area is 85.2 Å². The van der Waals surface area contributed by atoms with Gasteiger partial charge in [0, 0.05) is 5.88 Å². The molecule has 0 bridgehead atoms. The van der Waals surface area contributed by atoms with E-state index in [-0.39, 0.29) is 0 Å². The largest absolute Gasteiger partial charge is 0.122 e. The number of hydrogen-bond donors (Lipinski definition) is 0. The Bertz CT molecular complexity index is 259. The topological polar surface area (TPSA) is 0 Å². The molecule has 1 heteroatoms. The molecule has 0 aliphatic rings. The molecule has 70 valence electrons. The van der Waals surface area contributed by atoms with Gasteiger partial charge < -0.3 is 0 Å². The van der Waals surface area contributed by atoms with Crippen LogP contribution in [0.4, 0.5) is 0 Å². The monoisotopic (exact) mass is 194 g/mol. The van der Waals surface area contributed by atoms with E-state index in [1.807, 2.05) is 6.08 Å². The average Bonchev–Trinajstić information content (AvgIpc) is 2.19. The Morgan fingerprint density at radius 3 is 2.23 bits per heavy atom. The molecule has 1 aromatic rings. The minimum absolute atomic E-state index is 0.604. The summed E-state index contributed by atoms with van der Waals surface area (Å²) < 4.78 is 0. The normalized spacial score (nSPS) is 10.9. The molecule has 0 spiro atoms. The van der Waals surface area contributed by atoms with Crippen molar-refractivity contribution in [2.45, 2.75) is 19.8 Å². The zero-order valence-electron chi connectivity index (χ0n) is 7.96. The fourth-order valence-electron chi connectivity index (χ4n) is 1.19. The van der Waals surface area contributed by atoms with Crippen LogP contribution < -0.4 is 0 Å². The number of halogens is 1. The van der Waals surface area contributed by atoms with Crippen molar-refractivity contribution < 1.29 is 0 Å². The van der Waals surface area contributed by atoms with Gasteiger partial charge in [-0.05, 0) is 24.0 Å². The standard InChI is InChI=1S/C12H15Cl/c1-2-11-6-8-12(9-7-11)5-3-4-10-13/h3-4,6-9H,2,5,10H2,1H3/b4-3+. The van der Waals surface area contributed by atoms with Gasteiger partial charge in [0.2, 0.25) is 0 Å². The predicted octanol–water partition coefficient (Wildman–Crippen LogP) is 3.59. The average molecular weight is 195 g/mol. The quantitative estimate of drug-likeness (QED) is 0.508. The van der Waals surface area contributed by atoms with Crippen LogP contribution in [0.5, 0.6) is 0 Å². The third-order valence-electron chi connectivity index (χ3n) is 2.04. The highest BCUT2D eigenvalue weighted by molar-refractivity contribution is 6.18. The Kier molecular flexibility index (Phi) is 4.63. The maximum atomic E-state index is 5.53. The van der Waals surface area contributed by atoms with E-state index in [0.29, 0.717) is 5.88 Å². The van der Waals surface area contributed by atoms with Crippen molar-refractivity contribution in [3.8, 4) is 0 Å². The van der Waals surface area contributed by atoms with Crippen molar-refractivity contribution in [3.63, 3.8) is 0 Å². The lowest BCUT2D eigenvalue weighted by Gasteiger charge is -1.98. The van der Waals surface area contributed by atoms with Crippen molar-refractivity contribution in [2.75, 3.05) is 5.88 Å². The summed E-state index contributed by atoms with van der Waals surface area (Å²) in [6.45, 7) is 2.17. The minimum atomic E-state index is 0.604. The summed E-state index contributed by atoms with van der Waals surface area (Å²) in [6, 6.07) is 8.72. The SMILES string of the molecule is CCc1ccc(C/C=C/CCl)cc1. The molecule has 0 saturated carbocycles. The van der Waals surface area contributed by atoms with Crippen LogP contribution in [0.25, 0.3) is 0 Å². The van der Waals surface area contributed by atoms with Gasteiger partial charge in [-0.2, -0.15) is 0 Å². The van der Waals surface area contributed by atoms with Gasteiger partial charge in [0.1, 0.15) is 0 Å². The number of allylic oxidation sites excluding steroid dienone is 2. The van der Waals surface area contributed by atoms with E-state index in [2.05, 4.69) is 37.3 Å². The zero-order valence-corrected chi connectivity index (χ0v) is 8.72. The van der Waals surface area contributed by atoms with E-state index < -0.39 is 0 Å². The number of aryl methyl sites for hydroxylation is 1. The minimum Gasteiger partial charge on any atom is -0.122 e. The summed E-state index contributed by atoms with van der Waals surface area (Å²) >= 11 is 5.53. The lowest BCUT2D eigenvalue weighted by Crippen LogP contribution is -1.83. The van der Waals surface area contributed by atoms with Crippen molar-refractivity contribution in [3.05, 3.63) is 47.5 Å². The second-order valence-electron chi connectivity index (χ2n) is 3.00. The number of alkyl halides is 1. The van der Waals surface area contributed by atoms with Gasteiger partial charge in [0.05, 0.1) is 0 Å². The molecule has 1 rings (SSSR count). The number of rotatable bonds is 4. The van der Waals surface area contributed by atoms with Gasteiger partial charge in [-0.25, -0.2) is 0 Å².